The second kappa shape index (κ2) is 8.94. The molecule has 4 nitrogen and oxygen atoms in total. The van der Waals surface area contributed by atoms with Gasteiger partial charge in [-0.05, 0) is 72.0 Å². The number of aliphatic imine (C=N–C) groups is 1. The molecule has 0 aliphatic carbocycles. The summed E-state index contributed by atoms with van der Waals surface area (Å²) in [6.07, 6.45) is 2.41. The van der Waals surface area contributed by atoms with Crippen LogP contribution < -0.4 is 5.32 Å². The van der Waals surface area contributed by atoms with Crippen molar-refractivity contribution in [3.05, 3.63) is 93.5 Å². The summed E-state index contributed by atoms with van der Waals surface area (Å²) in [7, 11) is 0. The Balaban J connectivity index is 1.80. The van der Waals surface area contributed by atoms with E-state index in [9.17, 15) is 9.90 Å². The highest BCUT2D eigenvalue weighted by molar-refractivity contribution is 6.32. The lowest BCUT2D eigenvalue weighted by molar-refractivity contribution is -0.117. The van der Waals surface area contributed by atoms with Gasteiger partial charge in [0.05, 0.1) is 11.4 Å². The molecule has 158 valence electrons. The molecule has 0 saturated heterocycles. The van der Waals surface area contributed by atoms with Gasteiger partial charge in [-0.2, -0.15) is 0 Å². The highest BCUT2D eigenvalue weighted by atomic mass is 35.5. The summed E-state index contributed by atoms with van der Waals surface area (Å²) in [5.74, 6) is 0.0378. The largest absolute Gasteiger partial charge is 0.508 e. The summed E-state index contributed by atoms with van der Waals surface area (Å²) in [6, 6.07) is 18.2. The third-order valence-corrected chi connectivity index (χ3v) is 5.82. The lowest BCUT2D eigenvalue weighted by Crippen LogP contribution is -2.27. The van der Waals surface area contributed by atoms with E-state index in [1.807, 2.05) is 6.07 Å². The van der Waals surface area contributed by atoms with Crippen molar-refractivity contribution in [3.63, 3.8) is 0 Å². The molecule has 1 unspecified atom stereocenters. The summed E-state index contributed by atoms with van der Waals surface area (Å²) in [5.41, 5.74) is 6.59. The van der Waals surface area contributed by atoms with Crippen LogP contribution in [0.25, 0.3) is 0 Å². The molecule has 0 radical (unpaired) electrons. The molecule has 1 aliphatic rings. The minimum atomic E-state index is -0.577. The van der Waals surface area contributed by atoms with Crippen LogP contribution in [0.3, 0.4) is 0 Å². The molecule has 3 aromatic rings. The molecular weight excluding hydrogens is 408 g/mol. The van der Waals surface area contributed by atoms with Gasteiger partial charge in [-0.3, -0.25) is 9.79 Å². The van der Waals surface area contributed by atoms with Gasteiger partial charge < -0.3 is 10.4 Å². The normalized spacial score (nSPS) is 15.6. The number of hydrogen-bond donors (Lipinski definition) is 2. The second-order valence-electron chi connectivity index (χ2n) is 7.79. The predicted octanol–water partition coefficient (Wildman–Crippen LogP) is 5.57. The second-order valence-corrected chi connectivity index (χ2v) is 8.22. The van der Waals surface area contributed by atoms with Gasteiger partial charge >= 0.3 is 0 Å². The number of benzodiazepines with no additional fused rings is 1. The molecule has 0 aromatic heterocycles. The lowest BCUT2D eigenvalue weighted by Gasteiger charge is -2.13. The van der Waals surface area contributed by atoms with Crippen LogP contribution in [-0.4, -0.2) is 22.8 Å². The molecule has 5 heteroatoms. The number of phenolic OH excluding ortho intramolecular Hbond substituents is 1. The van der Waals surface area contributed by atoms with E-state index in [1.165, 1.54) is 11.1 Å². The van der Waals surface area contributed by atoms with Crippen molar-refractivity contribution in [2.75, 3.05) is 5.32 Å². The van der Waals surface area contributed by atoms with Crippen LogP contribution in [0.1, 0.15) is 41.7 Å². The molecule has 0 saturated carbocycles. The van der Waals surface area contributed by atoms with Crippen LogP contribution in [-0.2, 0) is 24.1 Å². The SMILES string of the molecule is CCc1cc(CC)cc(CC2N=C(c3ccc(O)cc3)c3cc(Cl)ccc3NC2=O)c1. The van der Waals surface area contributed by atoms with E-state index in [0.717, 1.165) is 29.5 Å². The molecule has 2 N–H and O–H groups in total. The first kappa shape index (κ1) is 21.1. The number of benzene rings is 3. The Morgan fingerprint density at radius 2 is 1.58 bits per heavy atom. The Labute approximate surface area is 187 Å². The first-order valence-electron chi connectivity index (χ1n) is 10.6. The number of carbonyl (C=O) groups is 1. The molecule has 1 amide bonds. The first-order chi connectivity index (χ1) is 15.0. The average molecular weight is 433 g/mol. The van der Waals surface area contributed by atoms with Gasteiger partial charge in [0.1, 0.15) is 11.8 Å². The lowest BCUT2D eigenvalue weighted by atomic mass is 9.97. The maximum atomic E-state index is 13.1. The van der Waals surface area contributed by atoms with Crippen molar-refractivity contribution in [1.82, 2.24) is 0 Å². The Bertz CT molecular complexity index is 1130. The summed E-state index contributed by atoms with van der Waals surface area (Å²) in [6.45, 7) is 4.27. The summed E-state index contributed by atoms with van der Waals surface area (Å²) >= 11 is 6.27. The fourth-order valence-electron chi connectivity index (χ4n) is 3.90. The third-order valence-electron chi connectivity index (χ3n) is 5.58. The highest BCUT2D eigenvalue weighted by Gasteiger charge is 2.26. The number of hydrogen-bond acceptors (Lipinski definition) is 3. The van der Waals surface area contributed by atoms with Crippen molar-refractivity contribution in [3.8, 4) is 5.75 Å². The maximum Gasteiger partial charge on any atom is 0.249 e. The number of fused-ring (bicyclic) bond motifs is 1. The van der Waals surface area contributed by atoms with Crippen molar-refractivity contribution in [1.29, 1.82) is 0 Å². The monoisotopic (exact) mass is 432 g/mol. The predicted molar refractivity (Wildman–Crippen MR) is 127 cm³/mol. The molecule has 31 heavy (non-hydrogen) atoms. The summed E-state index contributed by atoms with van der Waals surface area (Å²) in [5, 5.41) is 13.3. The molecule has 1 aliphatic heterocycles. The molecule has 3 aromatic carbocycles. The third kappa shape index (κ3) is 4.64. The van der Waals surface area contributed by atoms with E-state index in [4.69, 9.17) is 16.6 Å². The number of nitrogens with zero attached hydrogens (tertiary/aromatic N) is 1. The number of aromatic hydroxyl groups is 1. The van der Waals surface area contributed by atoms with Crippen LogP contribution in [0, 0.1) is 0 Å². The molecule has 0 spiro atoms. The topological polar surface area (TPSA) is 61.7 Å². The van der Waals surface area contributed by atoms with Crippen LogP contribution in [0.15, 0.2) is 65.7 Å². The minimum absolute atomic E-state index is 0.141. The fraction of sp³-hybridized carbons (Fsp3) is 0.231. The van der Waals surface area contributed by atoms with Gasteiger partial charge in [-0.25, -0.2) is 0 Å². The van der Waals surface area contributed by atoms with Crippen molar-refractivity contribution < 1.29 is 9.90 Å². The molecule has 1 heterocycles. The number of halogens is 1. The zero-order valence-corrected chi connectivity index (χ0v) is 18.4. The molecule has 4 rings (SSSR count). The van der Waals surface area contributed by atoms with Gasteiger partial charge in [0.2, 0.25) is 5.91 Å². The number of nitrogens with one attached hydrogen (secondary N) is 1. The van der Waals surface area contributed by atoms with Crippen LogP contribution >= 0.6 is 11.6 Å². The fourth-order valence-corrected chi connectivity index (χ4v) is 4.07. The number of phenols is 1. The smallest absolute Gasteiger partial charge is 0.249 e. The Morgan fingerprint density at radius 3 is 2.23 bits per heavy atom. The molecule has 0 fully saturated rings. The number of anilines is 1. The highest BCUT2D eigenvalue weighted by Crippen LogP contribution is 2.29. The van der Waals surface area contributed by atoms with E-state index in [0.29, 0.717) is 22.8 Å². The van der Waals surface area contributed by atoms with Gasteiger partial charge in [-0.15, -0.1) is 0 Å². The number of rotatable bonds is 5. The van der Waals surface area contributed by atoms with E-state index in [-0.39, 0.29) is 11.7 Å². The molecule has 0 bridgehead atoms. The van der Waals surface area contributed by atoms with Crippen molar-refractivity contribution in [2.24, 2.45) is 4.99 Å². The quantitative estimate of drug-likeness (QED) is 0.553. The van der Waals surface area contributed by atoms with E-state index < -0.39 is 6.04 Å². The van der Waals surface area contributed by atoms with Crippen molar-refractivity contribution >= 4 is 28.9 Å². The van der Waals surface area contributed by atoms with Crippen LogP contribution in [0.4, 0.5) is 5.69 Å². The van der Waals surface area contributed by atoms with Crippen molar-refractivity contribution in [2.45, 2.75) is 39.2 Å². The zero-order valence-electron chi connectivity index (χ0n) is 17.7. The average Bonchev–Trinajstić information content (AvgIpc) is 2.90. The Kier molecular flexibility index (Phi) is 6.10. The maximum absolute atomic E-state index is 13.1. The van der Waals surface area contributed by atoms with Gasteiger partial charge in [0, 0.05) is 22.6 Å². The van der Waals surface area contributed by atoms with Gasteiger partial charge in [0.25, 0.3) is 0 Å². The minimum Gasteiger partial charge on any atom is -0.508 e. The number of amides is 1. The number of carbonyl (C=O) groups excluding carboxylic acids is 1. The van der Waals surface area contributed by atoms with E-state index in [2.05, 4.69) is 37.4 Å². The number of aryl methyl sites for hydroxylation is 2. The van der Waals surface area contributed by atoms with Crippen LogP contribution in [0.2, 0.25) is 5.02 Å². The van der Waals surface area contributed by atoms with Crippen LogP contribution in [0.5, 0.6) is 5.75 Å². The summed E-state index contributed by atoms with van der Waals surface area (Å²) < 4.78 is 0. The van der Waals surface area contributed by atoms with E-state index >= 15 is 0 Å². The molecule has 1 atom stereocenters. The van der Waals surface area contributed by atoms with Gasteiger partial charge in [0.15, 0.2) is 0 Å². The van der Waals surface area contributed by atoms with E-state index in [1.54, 1.807) is 36.4 Å². The summed E-state index contributed by atoms with van der Waals surface area (Å²) in [4.78, 5) is 18.0. The first-order valence-corrected chi connectivity index (χ1v) is 10.9. The zero-order chi connectivity index (χ0) is 22.0. The Morgan fingerprint density at radius 1 is 0.935 bits per heavy atom. The van der Waals surface area contributed by atoms with Gasteiger partial charge in [-0.1, -0.05) is 43.6 Å². The molecular formula is C26H25ClN2O2. The standard InChI is InChI=1S/C26H25ClN2O2/c1-3-16-11-17(4-2)13-18(12-16)14-24-26(31)29-23-10-7-20(27)15-22(23)25(28-24)19-5-8-21(30)9-6-19/h5-13,15,24,30H,3-4,14H2,1-2H3,(H,29,31). The Hall–Kier alpha value is -3.11.